The number of epoxide rings is 1. The van der Waals surface area contributed by atoms with Gasteiger partial charge in [0.25, 0.3) is 0 Å². The molecule has 0 aromatic heterocycles. The summed E-state index contributed by atoms with van der Waals surface area (Å²) < 4.78 is 5.74. The van der Waals surface area contributed by atoms with Gasteiger partial charge in [-0.25, -0.2) is 0 Å². The third kappa shape index (κ3) is 3.16. The molecule has 1 aliphatic heterocycles. The number of carbonyl (C=O) groups excluding carboxylic acids is 1. The van der Waals surface area contributed by atoms with Gasteiger partial charge in [0.2, 0.25) is 0 Å². The van der Waals surface area contributed by atoms with Crippen molar-refractivity contribution >= 4 is 5.78 Å². The molecule has 3 saturated carbocycles. The van der Waals surface area contributed by atoms with Gasteiger partial charge >= 0.3 is 0 Å². The number of rotatable bonds is 4. The van der Waals surface area contributed by atoms with E-state index in [4.69, 9.17) is 4.74 Å². The van der Waals surface area contributed by atoms with Crippen molar-refractivity contribution in [1.82, 2.24) is 0 Å². The Hall–Kier alpha value is -0.710. The molecule has 4 heteroatoms. The molecule has 10 unspecified atom stereocenters. The normalized spacial score (nSPS) is 50.5. The Morgan fingerprint density at radius 3 is 2.35 bits per heavy atom. The van der Waals surface area contributed by atoms with E-state index in [1.807, 2.05) is 0 Å². The van der Waals surface area contributed by atoms with Gasteiger partial charge in [-0.3, -0.25) is 4.79 Å². The van der Waals surface area contributed by atoms with Gasteiger partial charge in [-0.05, 0) is 98.7 Å². The maximum absolute atomic E-state index is 12.9. The largest absolute Gasteiger partial charge is 0.390 e. The summed E-state index contributed by atoms with van der Waals surface area (Å²) in [6.07, 6.45) is 8.43. The van der Waals surface area contributed by atoms with E-state index in [1.165, 1.54) is 19.3 Å². The first kappa shape index (κ1) is 25.0. The van der Waals surface area contributed by atoms with Crippen molar-refractivity contribution in [2.45, 2.75) is 124 Å². The van der Waals surface area contributed by atoms with Crippen LogP contribution in [0, 0.1) is 45.3 Å². The van der Waals surface area contributed by atoms with Crippen LogP contribution in [0.3, 0.4) is 0 Å². The van der Waals surface area contributed by atoms with Crippen molar-refractivity contribution in [1.29, 1.82) is 0 Å². The molecule has 1 saturated heterocycles. The number of fused-ring (bicyclic) bond motifs is 5. The Kier molecular flexibility index (Phi) is 5.44. The number of hydrogen-bond acceptors (Lipinski definition) is 4. The SMILES string of the molecule is CC(CC(O)C1OC1(C)C)C1CCC2(C)C3=CCC4C(C)(C)C(=O)C(O)CC4(C)C3CCC12C. The first-order chi connectivity index (χ1) is 15.6. The first-order valence-corrected chi connectivity index (χ1v) is 13.9. The van der Waals surface area contributed by atoms with E-state index in [2.05, 4.69) is 61.5 Å². The highest BCUT2D eigenvalue weighted by atomic mass is 16.6. The van der Waals surface area contributed by atoms with Gasteiger partial charge in [0, 0.05) is 5.41 Å². The zero-order valence-electron chi connectivity index (χ0n) is 22.8. The fraction of sp³-hybridized carbons (Fsp3) is 0.900. The second-order valence-corrected chi connectivity index (χ2v) is 14.7. The molecule has 0 radical (unpaired) electrons. The minimum absolute atomic E-state index is 0.0204. The van der Waals surface area contributed by atoms with Crippen LogP contribution in [-0.2, 0) is 9.53 Å². The van der Waals surface area contributed by atoms with Gasteiger partial charge in [-0.2, -0.15) is 0 Å². The minimum atomic E-state index is -0.830. The molecule has 0 amide bonds. The Labute approximate surface area is 206 Å². The van der Waals surface area contributed by atoms with Gasteiger partial charge < -0.3 is 14.9 Å². The van der Waals surface area contributed by atoms with E-state index in [1.54, 1.807) is 5.57 Å². The second kappa shape index (κ2) is 7.42. The number of carbonyl (C=O) groups is 1. The lowest BCUT2D eigenvalue weighted by Crippen LogP contribution is -2.60. The van der Waals surface area contributed by atoms with E-state index in [0.717, 1.165) is 19.3 Å². The predicted molar refractivity (Wildman–Crippen MR) is 134 cm³/mol. The second-order valence-electron chi connectivity index (χ2n) is 14.7. The molecule has 5 rings (SSSR count). The average molecular weight is 473 g/mol. The van der Waals surface area contributed by atoms with Crippen LogP contribution >= 0.6 is 0 Å². The van der Waals surface area contributed by atoms with Crippen molar-refractivity contribution in [2.75, 3.05) is 0 Å². The van der Waals surface area contributed by atoms with Crippen LogP contribution in [0.25, 0.3) is 0 Å². The quantitative estimate of drug-likeness (QED) is 0.407. The van der Waals surface area contributed by atoms with E-state index in [-0.39, 0.29) is 39.8 Å². The Morgan fingerprint density at radius 2 is 1.74 bits per heavy atom. The van der Waals surface area contributed by atoms with Gasteiger partial charge in [-0.1, -0.05) is 53.2 Å². The number of Topliss-reactive ketones (excluding diaryl/α,β-unsaturated/α-hetero) is 1. The summed E-state index contributed by atoms with van der Waals surface area (Å²) in [5.41, 5.74) is 1.32. The van der Waals surface area contributed by atoms with Crippen LogP contribution in [0.2, 0.25) is 0 Å². The Bertz CT molecular complexity index is 903. The highest BCUT2D eigenvalue weighted by Crippen LogP contribution is 2.73. The monoisotopic (exact) mass is 472 g/mol. The standard InChI is InChI=1S/C30H48O4/c1-17(15-21(31)25-27(4,5)34-25)18-11-13-30(8)20-9-10-23-26(2,3)24(33)22(32)16-28(23,6)19(20)12-14-29(18,30)7/h9,17-19,21-23,25,31-32H,10-16H2,1-8H3. The molecule has 4 nitrogen and oxygen atoms in total. The van der Waals surface area contributed by atoms with E-state index in [9.17, 15) is 15.0 Å². The van der Waals surface area contributed by atoms with Gasteiger partial charge in [0.1, 0.15) is 12.2 Å². The fourth-order valence-corrected chi connectivity index (χ4v) is 10.1. The lowest BCUT2D eigenvalue weighted by molar-refractivity contribution is -0.162. The summed E-state index contributed by atoms with van der Waals surface area (Å²) in [4.78, 5) is 12.9. The smallest absolute Gasteiger partial charge is 0.167 e. The van der Waals surface area contributed by atoms with Crippen LogP contribution in [-0.4, -0.2) is 39.9 Å². The third-order valence-electron chi connectivity index (χ3n) is 12.3. The summed E-state index contributed by atoms with van der Waals surface area (Å²) in [7, 11) is 0. The van der Waals surface area contributed by atoms with Gasteiger partial charge in [-0.15, -0.1) is 0 Å². The summed E-state index contributed by atoms with van der Waals surface area (Å²) in [5, 5.41) is 21.7. The number of allylic oxidation sites excluding steroid dienone is 2. The summed E-state index contributed by atoms with van der Waals surface area (Å²) in [6.45, 7) is 18.0. The van der Waals surface area contributed by atoms with Crippen LogP contribution in [0.5, 0.6) is 0 Å². The summed E-state index contributed by atoms with van der Waals surface area (Å²) in [5.74, 6) is 1.84. The van der Waals surface area contributed by atoms with Crippen molar-refractivity contribution in [2.24, 2.45) is 45.3 Å². The van der Waals surface area contributed by atoms with Crippen LogP contribution in [0.4, 0.5) is 0 Å². The topological polar surface area (TPSA) is 70.1 Å². The van der Waals surface area contributed by atoms with Crippen LogP contribution < -0.4 is 0 Å². The number of hydrogen-bond donors (Lipinski definition) is 2. The lowest BCUT2D eigenvalue weighted by atomic mass is 9.41. The molecule has 192 valence electrons. The van der Waals surface area contributed by atoms with Gasteiger partial charge in [0.15, 0.2) is 5.78 Å². The summed E-state index contributed by atoms with van der Waals surface area (Å²) in [6, 6.07) is 0. The molecule has 4 fully saturated rings. The first-order valence-electron chi connectivity index (χ1n) is 13.9. The highest BCUT2D eigenvalue weighted by molar-refractivity contribution is 5.89. The number of ether oxygens (including phenoxy) is 1. The molecule has 34 heavy (non-hydrogen) atoms. The van der Waals surface area contributed by atoms with Gasteiger partial charge in [0.05, 0.1) is 11.7 Å². The van der Waals surface area contributed by atoms with Crippen molar-refractivity contribution in [3.05, 3.63) is 11.6 Å². The third-order valence-corrected chi connectivity index (χ3v) is 12.3. The van der Waals surface area contributed by atoms with E-state index >= 15 is 0 Å². The predicted octanol–water partition coefficient (Wildman–Crippen LogP) is 5.70. The fourth-order valence-electron chi connectivity index (χ4n) is 10.1. The molecule has 2 N–H and O–H groups in total. The zero-order valence-corrected chi connectivity index (χ0v) is 22.8. The molecular formula is C30H48O4. The highest BCUT2D eigenvalue weighted by Gasteiger charge is 2.66. The molecule has 5 aliphatic rings. The molecule has 0 bridgehead atoms. The van der Waals surface area contributed by atoms with Crippen LogP contribution in [0.15, 0.2) is 11.6 Å². The maximum atomic E-state index is 12.9. The van der Waals surface area contributed by atoms with Crippen molar-refractivity contribution < 1.29 is 19.7 Å². The molecule has 0 aromatic carbocycles. The number of aliphatic hydroxyl groups excluding tert-OH is 2. The van der Waals surface area contributed by atoms with Crippen molar-refractivity contribution in [3.8, 4) is 0 Å². The van der Waals surface area contributed by atoms with Crippen LogP contribution in [0.1, 0.15) is 100 Å². The average Bonchev–Trinajstić information content (AvgIpc) is 3.27. The number of aliphatic hydroxyl groups is 2. The molecule has 0 aromatic rings. The molecule has 0 spiro atoms. The zero-order chi connectivity index (χ0) is 25.1. The molecule has 4 aliphatic carbocycles. The minimum Gasteiger partial charge on any atom is -0.390 e. The molecule has 1 heterocycles. The summed E-state index contributed by atoms with van der Waals surface area (Å²) >= 11 is 0. The number of ketones is 1. The van der Waals surface area contributed by atoms with E-state index < -0.39 is 11.5 Å². The van der Waals surface area contributed by atoms with E-state index in [0.29, 0.717) is 30.1 Å². The Balaban J connectivity index is 1.42. The molecular weight excluding hydrogens is 424 g/mol. The maximum Gasteiger partial charge on any atom is 0.167 e. The molecule has 10 atom stereocenters. The lowest BCUT2D eigenvalue weighted by Gasteiger charge is -2.63. The Morgan fingerprint density at radius 1 is 1.09 bits per heavy atom. The van der Waals surface area contributed by atoms with Crippen molar-refractivity contribution in [3.63, 3.8) is 0 Å².